The van der Waals surface area contributed by atoms with Crippen molar-refractivity contribution in [3.63, 3.8) is 0 Å². The number of rotatable bonds is 5. The number of nitrogens with one attached hydrogen (secondary N) is 2. The van der Waals surface area contributed by atoms with Gasteiger partial charge in [0.25, 0.3) is 0 Å². The highest BCUT2D eigenvalue weighted by molar-refractivity contribution is 5.83. The Hall–Kier alpha value is -1.88. The SMILES string of the molecule is NCC1CCC(C(=O)NCCc2c[nH]c3ccc(F)cc23)CC1. The third-order valence-corrected chi connectivity index (χ3v) is 4.97. The van der Waals surface area contributed by atoms with E-state index in [2.05, 4.69) is 10.3 Å². The zero-order chi connectivity index (χ0) is 16.2. The summed E-state index contributed by atoms with van der Waals surface area (Å²) < 4.78 is 13.4. The monoisotopic (exact) mass is 317 g/mol. The van der Waals surface area contributed by atoms with E-state index in [0.717, 1.165) is 48.7 Å². The van der Waals surface area contributed by atoms with E-state index in [-0.39, 0.29) is 17.6 Å². The second-order valence-electron chi connectivity index (χ2n) is 6.50. The molecule has 1 aliphatic carbocycles. The van der Waals surface area contributed by atoms with E-state index < -0.39 is 0 Å². The number of hydrogen-bond acceptors (Lipinski definition) is 2. The number of fused-ring (bicyclic) bond motifs is 1. The zero-order valence-corrected chi connectivity index (χ0v) is 13.3. The first-order valence-corrected chi connectivity index (χ1v) is 8.40. The smallest absolute Gasteiger partial charge is 0.223 e. The molecule has 0 aliphatic heterocycles. The van der Waals surface area contributed by atoms with Gasteiger partial charge in [-0.15, -0.1) is 0 Å². The predicted molar refractivity (Wildman–Crippen MR) is 89.5 cm³/mol. The molecule has 0 bridgehead atoms. The largest absolute Gasteiger partial charge is 0.361 e. The Bertz CT molecular complexity index is 674. The molecule has 124 valence electrons. The molecule has 1 saturated carbocycles. The molecule has 1 heterocycles. The molecule has 1 aromatic heterocycles. The van der Waals surface area contributed by atoms with Crippen LogP contribution in [0.1, 0.15) is 31.2 Å². The lowest BCUT2D eigenvalue weighted by molar-refractivity contribution is -0.126. The van der Waals surface area contributed by atoms with Crippen LogP contribution in [0.4, 0.5) is 4.39 Å². The second kappa shape index (κ2) is 7.13. The summed E-state index contributed by atoms with van der Waals surface area (Å²) in [6, 6.07) is 4.72. The Balaban J connectivity index is 1.51. The third kappa shape index (κ3) is 3.72. The van der Waals surface area contributed by atoms with Crippen molar-refractivity contribution in [2.45, 2.75) is 32.1 Å². The number of aromatic amines is 1. The van der Waals surface area contributed by atoms with E-state index in [4.69, 9.17) is 5.73 Å². The molecule has 0 saturated heterocycles. The molecule has 1 fully saturated rings. The maximum atomic E-state index is 13.4. The van der Waals surface area contributed by atoms with Crippen LogP contribution in [-0.4, -0.2) is 24.0 Å². The number of carbonyl (C=O) groups excluding carboxylic acids is 1. The second-order valence-corrected chi connectivity index (χ2v) is 6.50. The molecule has 1 aliphatic rings. The van der Waals surface area contributed by atoms with Crippen LogP contribution in [0.3, 0.4) is 0 Å². The van der Waals surface area contributed by atoms with Gasteiger partial charge in [0.15, 0.2) is 0 Å². The number of halogens is 1. The van der Waals surface area contributed by atoms with Crippen LogP contribution in [0.15, 0.2) is 24.4 Å². The Labute approximate surface area is 135 Å². The Morgan fingerprint density at radius 3 is 2.83 bits per heavy atom. The minimum absolute atomic E-state index is 0.123. The number of hydrogen-bond donors (Lipinski definition) is 3. The number of amides is 1. The van der Waals surface area contributed by atoms with E-state index in [0.29, 0.717) is 18.9 Å². The van der Waals surface area contributed by atoms with Crippen LogP contribution in [0.2, 0.25) is 0 Å². The minimum Gasteiger partial charge on any atom is -0.361 e. The predicted octanol–water partition coefficient (Wildman–Crippen LogP) is 2.73. The average molecular weight is 317 g/mol. The Kier molecular flexibility index (Phi) is 4.96. The molecule has 1 aromatic carbocycles. The lowest BCUT2D eigenvalue weighted by atomic mass is 9.81. The normalized spacial score (nSPS) is 21.5. The molecule has 0 unspecified atom stereocenters. The van der Waals surface area contributed by atoms with Crippen molar-refractivity contribution in [2.24, 2.45) is 17.6 Å². The van der Waals surface area contributed by atoms with Crippen molar-refractivity contribution < 1.29 is 9.18 Å². The average Bonchev–Trinajstić information content (AvgIpc) is 2.97. The van der Waals surface area contributed by atoms with Gasteiger partial charge in [-0.1, -0.05) is 0 Å². The van der Waals surface area contributed by atoms with Gasteiger partial charge in [-0.25, -0.2) is 4.39 Å². The van der Waals surface area contributed by atoms with E-state index in [1.807, 2.05) is 6.20 Å². The van der Waals surface area contributed by atoms with Crippen LogP contribution in [0.5, 0.6) is 0 Å². The third-order valence-electron chi connectivity index (χ3n) is 4.97. The summed E-state index contributed by atoms with van der Waals surface area (Å²) in [7, 11) is 0. The highest BCUT2D eigenvalue weighted by Crippen LogP contribution is 2.28. The molecule has 0 spiro atoms. The van der Waals surface area contributed by atoms with Gasteiger partial charge < -0.3 is 16.0 Å². The summed E-state index contributed by atoms with van der Waals surface area (Å²) in [5.74, 6) is 0.615. The molecule has 0 atom stereocenters. The molecule has 4 nitrogen and oxygen atoms in total. The zero-order valence-electron chi connectivity index (χ0n) is 13.3. The molecule has 23 heavy (non-hydrogen) atoms. The molecule has 5 heteroatoms. The van der Waals surface area contributed by atoms with Crippen LogP contribution in [-0.2, 0) is 11.2 Å². The van der Waals surface area contributed by atoms with Crippen molar-refractivity contribution >= 4 is 16.8 Å². The fourth-order valence-corrected chi connectivity index (χ4v) is 3.48. The molecular formula is C18H24FN3O. The van der Waals surface area contributed by atoms with Crippen LogP contribution >= 0.6 is 0 Å². The highest BCUT2D eigenvalue weighted by Gasteiger charge is 2.25. The first-order valence-electron chi connectivity index (χ1n) is 8.40. The van der Waals surface area contributed by atoms with Crippen molar-refractivity contribution in [1.82, 2.24) is 10.3 Å². The van der Waals surface area contributed by atoms with Gasteiger partial charge >= 0.3 is 0 Å². The fraction of sp³-hybridized carbons (Fsp3) is 0.500. The summed E-state index contributed by atoms with van der Waals surface area (Å²) in [4.78, 5) is 15.4. The van der Waals surface area contributed by atoms with E-state index in [1.165, 1.54) is 12.1 Å². The number of carbonyl (C=O) groups is 1. The maximum absolute atomic E-state index is 13.4. The molecule has 1 amide bonds. The van der Waals surface area contributed by atoms with E-state index in [9.17, 15) is 9.18 Å². The van der Waals surface area contributed by atoms with Gasteiger partial charge in [-0.3, -0.25) is 4.79 Å². The summed E-state index contributed by atoms with van der Waals surface area (Å²) in [5, 5.41) is 3.92. The molecular weight excluding hydrogens is 293 g/mol. The maximum Gasteiger partial charge on any atom is 0.223 e. The number of benzene rings is 1. The van der Waals surface area contributed by atoms with Crippen molar-refractivity contribution in [2.75, 3.05) is 13.1 Å². The van der Waals surface area contributed by atoms with Gasteiger partial charge in [0, 0.05) is 29.6 Å². The fourth-order valence-electron chi connectivity index (χ4n) is 3.48. The lowest BCUT2D eigenvalue weighted by Crippen LogP contribution is -2.35. The molecule has 0 radical (unpaired) electrons. The standard InChI is InChI=1S/C18H24FN3O/c19-15-5-6-17-16(9-15)14(11-22-17)7-8-21-18(23)13-3-1-12(10-20)2-4-13/h5-6,9,11-13,22H,1-4,7-8,10,20H2,(H,21,23). The minimum atomic E-state index is -0.237. The van der Waals surface area contributed by atoms with Gasteiger partial charge in [-0.05, 0) is 68.3 Å². The molecule has 4 N–H and O–H groups in total. The van der Waals surface area contributed by atoms with Gasteiger partial charge in [0.1, 0.15) is 5.82 Å². The van der Waals surface area contributed by atoms with Crippen LogP contribution in [0, 0.1) is 17.7 Å². The summed E-state index contributed by atoms with van der Waals surface area (Å²) in [6.07, 6.45) is 6.57. The Morgan fingerprint density at radius 1 is 1.30 bits per heavy atom. The van der Waals surface area contributed by atoms with Gasteiger partial charge in [0.05, 0.1) is 0 Å². The summed E-state index contributed by atoms with van der Waals surface area (Å²) in [5.41, 5.74) is 7.64. The van der Waals surface area contributed by atoms with Gasteiger partial charge in [0.2, 0.25) is 5.91 Å². The first kappa shape index (κ1) is 16.0. The lowest BCUT2D eigenvalue weighted by Gasteiger charge is -2.26. The van der Waals surface area contributed by atoms with Crippen LogP contribution in [0.25, 0.3) is 10.9 Å². The first-order chi connectivity index (χ1) is 11.2. The van der Waals surface area contributed by atoms with E-state index in [1.54, 1.807) is 6.07 Å². The molecule has 3 rings (SSSR count). The summed E-state index contributed by atoms with van der Waals surface area (Å²) in [6.45, 7) is 1.31. The quantitative estimate of drug-likeness (QED) is 0.793. The van der Waals surface area contributed by atoms with Crippen molar-refractivity contribution in [1.29, 1.82) is 0 Å². The van der Waals surface area contributed by atoms with Crippen molar-refractivity contribution in [3.05, 3.63) is 35.8 Å². The topological polar surface area (TPSA) is 70.9 Å². The number of nitrogens with two attached hydrogens (primary N) is 1. The highest BCUT2D eigenvalue weighted by atomic mass is 19.1. The number of aromatic nitrogens is 1. The van der Waals surface area contributed by atoms with Gasteiger partial charge in [-0.2, -0.15) is 0 Å². The van der Waals surface area contributed by atoms with E-state index >= 15 is 0 Å². The summed E-state index contributed by atoms with van der Waals surface area (Å²) >= 11 is 0. The number of H-pyrrole nitrogens is 1. The molecule has 2 aromatic rings. The Morgan fingerprint density at radius 2 is 2.09 bits per heavy atom. The van der Waals surface area contributed by atoms with Crippen molar-refractivity contribution in [3.8, 4) is 0 Å². The van der Waals surface area contributed by atoms with Crippen LogP contribution < -0.4 is 11.1 Å².